The standard InChI is InChI=1S/C17H20N2O3/c1-11-4-3-5-14(10-11)19-17(22)18-12(2)16(21)13-6-8-15(20)9-7-13/h3-10,12,16,20-21H,1-2H3,(H2,18,19,22)/t12-,16+/m1/s1. The van der Waals surface area contributed by atoms with Crippen LogP contribution in [0, 0.1) is 6.92 Å². The van der Waals surface area contributed by atoms with Crippen LogP contribution in [0.3, 0.4) is 0 Å². The zero-order valence-corrected chi connectivity index (χ0v) is 12.6. The zero-order chi connectivity index (χ0) is 16.1. The molecule has 22 heavy (non-hydrogen) atoms. The number of nitrogens with one attached hydrogen (secondary N) is 2. The molecule has 0 unspecified atom stereocenters. The van der Waals surface area contributed by atoms with Gasteiger partial charge < -0.3 is 20.8 Å². The van der Waals surface area contributed by atoms with Crippen LogP contribution in [0.5, 0.6) is 5.75 Å². The molecule has 0 fully saturated rings. The number of urea groups is 1. The summed E-state index contributed by atoms with van der Waals surface area (Å²) in [5.41, 5.74) is 2.37. The lowest BCUT2D eigenvalue weighted by Gasteiger charge is -2.21. The SMILES string of the molecule is Cc1cccc(NC(=O)N[C@H](C)[C@H](O)c2ccc(O)cc2)c1. The average molecular weight is 300 g/mol. The van der Waals surface area contributed by atoms with E-state index in [1.807, 2.05) is 25.1 Å². The van der Waals surface area contributed by atoms with Gasteiger partial charge in [0.05, 0.1) is 12.1 Å². The van der Waals surface area contributed by atoms with Crippen LogP contribution >= 0.6 is 0 Å². The summed E-state index contributed by atoms with van der Waals surface area (Å²) < 4.78 is 0. The molecule has 2 amide bonds. The molecule has 0 radical (unpaired) electrons. The number of aryl methyl sites for hydroxylation is 1. The summed E-state index contributed by atoms with van der Waals surface area (Å²) in [5, 5.41) is 24.9. The zero-order valence-electron chi connectivity index (χ0n) is 12.6. The quantitative estimate of drug-likeness (QED) is 0.700. The number of hydrogen-bond donors (Lipinski definition) is 4. The third kappa shape index (κ3) is 4.23. The van der Waals surface area contributed by atoms with Crippen LogP contribution in [0.1, 0.15) is 24.2 Å². The third-order valence-corrected chi connectivity index (χ3v) is 3.34. The van der Waals surface area contributed by atoms with Crippen molar-refractivity contribution in [1.82, 2.24) is 5.32 Å². The van der Waals surface area contributed by atoms with E-state index in [0.29, 0.717) is 11.3 Å². The highest BCUT2D eigenvalue weighted by molar-refractivity contribution is 5.89. The highest BCUT2D eigenvalue weighted by atomic mass is 16.3. The number of carbonyl (C=O) groups is 1. The molecule has 0 saturated heterocycles. The molecule has 0 saturated carbocycles. The van der Waals surface area contributed by atoms with E-state index in [0.717, 1.165) is 5.56 Å². The van der Waals surface area contributed by atoms with Crippen molar-refractivity contribution < 1.29 is 15.0 Å². The Morgan fingerprint density at radius 2 is 1.82 bits per heavy atom. The molecule has 4 N–H and O–H groups in total. The Hall–Kier alpha value is -2.53. The number of phenols is 1. The minimum absolute atomic E-state index is 0.133. The van der Waals surface area contributed by atoms with Crippen LogP contribution in [-0.2, 0) is 0 Å². The van der Waals surface area contributed by atoms with Crippen molar-refractivity contribution in [2.75, 3.05) is 5.32 Å². The lowest BCUT2D eigenvalue weighted by molar-refractivity contribution is 0.139. The van der Waals surface area contributed by atoms with Gasteiger partial charge in [0.1, 0.15) is 5.75 Å². The number of aliphatic hydroxyl groups excluding tert-OH is 1. The van der Waals surface area contributed by atoms with Gasteiger partial charge in [-0.1, -0.05) is 24.3 Å². The van der Waals surface area contributed by atoms with E-state index in [9.17, 15) is 15.0 Å². The molecule has 0 aromatic heterocycles. The number of aliphatic hydroxyl groups is 1. The molecule has 0 aliphatic rings. The molecule has 5 nitrogen and oxygen atoms in total. The van der Waals surface area contributed by atoms with E-state index >= 15 is 0 Å². The topological polar surface area (TPSA) is 81.6 Å². The fourth-order valence-electron chi connectivity index (χ4n) is 2.14. The predicted octanol–water partition coefficient (Wildman–Crippen LogP) is 2.94. The number of rotatable bonds is 4. The molecule has 0 bridgehead atoms. The summed E-state index contributed by atoms with van der Waals surface area (Å²) in [6, 6.07) is 12.8. The van der Waals surface area contributed by atoms with Gasteiger partial charge in [-0.3, -0.25) is 0 Å². The molecule has 0 spiro atoms. The number of hydrogen-bond acceptors (Lipinski definition) is 3. The van der Waals surface area contributed by atoms with E-state index in [2.05, 4.69) is 10.6 Å². The fraction of sp³-hybridized carbons (Fsp3) is 0.235. The maximum Gasteiger partial charge on any atom is 0.319 e. The predicted molar refractivity (Wildman–Crippen MR) is 85.9 cm³/mol. The van der Waals surface area contributed by atoms with Gasteiger partial charge in [0.15, 0.2) is 0 Å². The van der Waals surface area contributed by atoms with E-state index in [-0.39, 0.29) is 11.8 Å². The van der Waals surface area contributed by atoms with Crippen LogP contribution in [-0.4, -0.2) is 22.3 Å². The first-order chi connectivity index (χ1) is 10.5. The van der Waals surface area contributed by atoms with Crippen LogP contribution < -0.4 is 10.6 Å². The molecular formula is C17H20N2O3. The largest absolute Gasteiger partial charge is 0.508 e. The van der Waals surface area contributed by atoms with Gasteiger partial charge in [-0.05, 0) is 49.2 Å². The second-order valence-electron chi connectivity index (χ2n) is 5.29. The fourth-order valence-corrected chi connectivity index (χ4v) is 2.14. The van der Waals surface area contributed by atoms with Gasteiger partial charge in [-0.15, -0.1) is 0 Å². The van der Waals surface area contributed by atoms with Gasteiger partial charge >= 0.3 is 6.03 Å². The van der Waals surface area contributed by atoms with Crippen molar-refractivity contribution in [3.05, 3.63) is 59.7 Å². The maximum absolute atomic E-state index is 12.0. The number of benzene rings is 2. The Labute approximate surface area is 129 Å². The Morgan fingerprint density at radius 1 is 1.14 bits per heavy atom. The molecule has 2 atom stereocenters. The number of amides is 2. The van der Waals surface area contributed by atoms with Gasteiger partial charge in [-0.25, -0.2) is 4.79 Å². The summed E-state index contributed by atoms with van der Waals surface area (Å²) in [5.74, 6) is 0.133. The lowest BCUT2D eigenvalue weighted by Crippen LogP contribution is -2.39. The molecular weight excluding hydrogens is 280 g/mol. The van der Waals surface area contributed by atoms with E-state index in [4.69, 9.17) is 0 Å². The summed E-state index contributed by atoms with van der Waals surface area (Å²) in [6.45, 7) is 3.66. The highest BCUT2D eigenvalue weighted by Gasteiger charge is 2.18. The minimum atomic E-state index is -0.858. The number of carbonyl (C=O) groups excluding carboxylic acids is 1. The Kier molecular flexibility index (Phi) is 5.01. The van der Waals surface area contributed by atoms with Crippen LogP contribution in [0.25, 0.3) is 0 Å². The van der Waals surface area contributed by atoms with Gasteiger partial charge in [0, 0.05) is 5.69 Å². The molecule has 0 aliphatic heterocycles. The van der Waals surface area contributed by atoms with Crippen molar-refractivity contribution >= 4 is 11.7 Å². The molecule has 2 aromatic carbocycles. The highest BCUT2D eigenvalue weighted by Crippen LogP contribution is 2.19. The van der Waals surface area contributed by atoms with Gasteiger partial charge in [-0.2, -0.15) is 0 Å². The van der Waals surface area contributed by atoms with Crippen LogP contribution in [0.4, 0.5) is 10.5 Å². The minimum Gasteiger partial charge on any atom is -0.508 e. The van der Waals surface area contributed by atoms with Crippen LogP contribution in [0.15, 0.2) is 48.5 Å². The number of aromatic hydroxyl groups is 1. The Balaban J connectivity index is 1.94. The monoisotopic (exact) mass is 300 g/mol. The summed E-state index contributed by atoms with van der Waals surface area (Å²) in [7, 11) is 0. The maximum atomic E-state index is 12.0. The first-order valence-corrected chi connectivity index (χ1v) is 7.07. The molecule has 116 valence electrons. The first kappa shape index (κ1) is 15.9. The number of anilines is 1. The Morgan fingerprint density at radius 3 is 2.45 bits per heavy atom. The van der Waals surface area contributed by atoms with E-state index < -0.39 is 12.1 Å². The second kappa shape index (κ2) is 6.95. The summed E-state index contributed by atoms with van der Waals surface area (Å²) in [6.07, 6.45) is -0.858. The molecule has 2 aromatic rings. The Bertz CT molecular complexity index is 641. The summed E-state index contributed by atoms with van der Waals surface area (Å²) in [4.78, 5) is 12.0. The van der Waals surface area contributed by atoms with Gasteiger partial charge in [0.2, 0.25) is 0 Å². The van der Waals surface area contributed by atoms with Crippen molar-refractivity contribution in [2.45, 2.75) is 26.0 Å². The molecule has 0 heterocycles. The van der Waals surface area contributed by atoms with Crippen molar-refractivity contribution in [1.29, 1.82) is 0 Å². The molecule has 0 aliphatic carbocycles. The molecule has 2 rings (SSSR count). The smallest absolute Gasteiger partial charge is 0.319 e. The lowest BCUT2D eigenvalue weighted by atomic mass is 10.0. The molecule has 5 heteroatoms. The number of phenolic OH excluding ortho intramolecular Hbond substituents is 1. The van der Waals surface area contributed by atoms with Crippen molar-refractivity contribution in [2.24, 2.45) is 0 Å². The van der Waals surface area contributed by atoms with E-state index in [1.54, 1.807) is 25.1 Å². The normalized spacial score (nSPS) is 13.2. The van der Waals surface area contributed by atoms with E-state index in [1.165, 1.54) is 12.1 Å². The van der Waals surface area contributed by atoms with Gasteiger partial charge in [0.25, 0.3) is 0 Å². The average Bonchev–Trinajstić information content (AvgIpc) is 2.47. The third-order valence-electron chi connectivity index (χ3n) is 3.34. The first-order valence-electron chi connectivity index (χ1n) is 7.07. The van der Waals surface area contributed by atoms with Crippen molar-refractivity contribution in [3.63, 3.8) is 0 Å². The second-order valence-corrected chi connectivity index (χ2v) is 5.29. The summed E-state index contributed by atoms with van der Waals surface area (Å²) >= 11 is 0. The van der Waals surface area contributed by atoms with Crippen molar-refractivity contribution in [3.8, 4) is 5.75 Å². The van der Waals surface area contributed by atoms with Crippen LogP contribution in [0.2, 0.25) is 0 Å².